The van der Waals surface area contributed by atoms with E-state index in [0.29, 0.717) is 5.02 Å². The van der Waals surface area contributed by atoms with E-state index in [1.807, 2.05) is 19.2 Å². The second-order valence-electron chi connectivity index (χ2n) is 2.54. The second kappa shape index (κ2) is 4.84. The summed E-state index contributed by atoms with van der Waals surface area (Å²) in [7, 11) is 3.48. The van der Waals surface area contributed by atoms with Crippen LogP contribution in [0.2, 0.25) is 5.02 Å². The van der Waals surface area contributed by atoms with Crippen molar-refractivity contribution in [1.29, 1.82) is 0 Å². The Balaban J connectivity index is 2.98. The van der Waals surface area contributed by atoms with Crippen LogP contribution in [0.4, 0.5) is 0 Å². The molecule has 0 aliphatic carbocycles. The molecule has 0 aromatic heterocycles. The Kier molecular flexibility index (Phi) is 4.03. The van der Waals surface area contributed by atoms with E-state index >= 15 is 0 Å². The molecule has 0 fully saturated rings. The molecule has 0 aliphatic rings. The molecule has 4 heteroatoms. The number of hydrogen-bond acceptors (Lipinski definition) is 2. The first kappa shape index (κ1) is 10.8. The van der Waals surface area contributed by atoms with Crippen molar-refractivity contribution in [3.63, 3.8) is 0 Å². The molecule has 0 amide bonds. The normalized spacial score (nSPS) is 12.6. The number of methoxy groups -OCH3 is 1. The third-order valence-corrected chi connectivity index (χ3v) is 3.01. The van der Waals surface area contributed by atoms with Crippen LogP contribution in [0.25, 0.3) is 0 Å². The van der Waals surface area contributed by atoms with Gasteiger partial charge in [-0.05, 0) is 24.7 Å². The Hall–Kier alpha value is -0.250. The molecule has 0 heterocycles. The molecular weight excluding hydrogens is 253 g/mol. The molecule has 1 rings (SSSR count). The van der Waals surface area contributed by atoms with Crippen LogP contribution in [0.5, 0.6) is 5.75 Å². The van der Waals surface area contributed by atoms with Crippen LogP contribution < -0.4 is 10.1 Å². The van der Waals surface area contributed by atoms with E-state index in [4.69, 9.17) is 16.3 Å². The topological polar surface area (TPSA) is 21.3 Å². The summed E-state index contributed by atoms with van der Waals surface area (Å²) >= 11 is 9.48. The maximum atomic E-state index is 6.03. The molecular formula is C9H11BrClNO. The maximum absolute atomic E-state index is 6.03. The van der Waals surface area contributed by atoms with Crippen molar-refractivity contribution in [2.75, 3.05) is 14.2 Å². The smallest absolute Gasteiger partial charge is 0.120 e. The number of hydrogen-bond donors (Lipinski definition) is 1. The van der Waals surface area contributed by atoms with E-state index in [2.05, 4.69) is 21.2 Å². The maximum Gasteiger partial charge on any atom is 0.120 e. The third kappa shape index (κ3) is 2.59. The lowest BCUT2D eigenvalue weighted by molar-refractivity contribution is 0.414. The van der Waals surface area contributed by atoms with E-state index in [9.17, 15) is 0 Å². The van der Waals surface area contributed by atoms with Gasteiger partial charge in [-0.1, -0.05) is 33.6 Å². The summed E-state index contributed by atoms with van der Waals surface area (Å²) in [5, 5.41) is 3.74. The van der Waals surface area contributed by atoms with Crippen LogP contribution in [0.1, 0.15) is 10.5 Å². The van der Waals surface area contributed by atoms with E-state index in [0.717, 1.165) is 11.3 Å². The average molecular weight is 265 g/mol. The molecule has 1 atom stereocenters. The first-order chi connectivity index (χ1) is 6.19. The number of benzene rings is 1. The van der Waals surface area contributed by atoms with Crippen LogP contribution in [0.15, 0.2) is 18.2 Å². The van der Waals surface area contributed by atoms with Gasteiger partial charge in [-0.3, -0.25) is 0 Å². The van der Waals surface area contributed by atoms with Crippen molar-refractivity contribution in [1.82, 2.24) is 5.32 Å². The van der Waals surface area contributed by atoms with Gasteiger partial charge < -0.3 is 10.1 Å². The number of ether oxygens (including phenoxy) is 1. The Bertz CT molecular complexity index is 293. The summed E-state index contributed by atoms with van der Waals surface area (Å²) in [5.74, 6) is 0.768. The van der Waals surface area contributed by atoms with Crippen LogP contribution >= 0.6 is 27.5 Å². The molecule has 0 bridgehead atoms. The SMILES string of the molecule is CNC(Br)c1ccc(OC)cc1Cl. The third-order valence-electron chi connectivity index (χ3n) is 1.73. The molecule has 0 saturated carbocycles. The van der Waals surface area contributed by atoms with Gasteiger partial charge in [0.2, 0.25) is 0 Å². The zero-order valence-corrected chi connectivity index (χ0v) is 9.82. The first-order valence-electron chi connectivity index (χ1n) is 3.83. The lowest BCUT2D eigenvalue weighted by atomic mass is 10.2. The van der Waals surface area contributed by atoms with Crippen molar-refractivity contribution in [2.24, 2.45) is 0 Å². The average Bonchev–Trinajstić information content (AvgIpc) is 2.16. The van der Waals surface area contributed by atoms with Gasteiger partial charge in [0, 0.05) is 5.02 Å². The first-order valence-corrected chi connectivity index (χ1v) is 5.13. The number of alkyl halides is 1. The zero-order valence-electron chi connectivity index (χ0n) is 7.47. The molecule has 1 aromatic rings. The lowest BCUT2D eigenvalue weighted by Gasteiger charge is -2.11. The Morgan fingerprint density at radius 3 is 2.69 bits per heavy atom. The summed E-state index contributed by atoms with van der Waals surface area (Å²) in [6.45, 7) is 0. The molecule has 0 saturated heterocycles. The molecule has 13 heavy (non-hydrogen) atoms. The highest BCUT2D eigenvalue weighted by molar-refractivity contribution is 9.09. The van der Waals surface area contributed by atoms with Crippen molar-refractivity contribution in [3.8, 4) is 5.75 Å². The van der Waals surface area contributed by atoms with Crippen LogP contribution in [0, 0.1) is 0 Å². The van der Waals surface area contributed by atoms with Gasteiger partial charge >= 0.3 is 0 Å². The molecule has 0 radical (unpaired) electrons. The fraction of sp³-hybridized carbons (Fsp3) is 0.333. The zero-order chi connectivity index (χ0) is 9.84. The molecule has 1 unspecified atom stereocenters. The Labute approximate surface area is 91.4 Å². The summed E-state index contributed by atoms with van der Waals surface area (Å²) in [4.78, 5) is 0.0749. The van der Waals surface area contributed by atoms with E-state index in [1.165, 1.54) is 0 Å². The predicted octanol–water partition coefficient (Wildman–Crippen LogP) is 2.96. The quantitative estimate of drug-likeness (QED) is 0.669. The molecule has 1 aromatic carbocycles. The molecule has 72 valence electrons. The van der Waals surface area contributed by atoms with Gasteiger partial charge in [0.1, 0.15) is 5.75 Å². The van der Waals surface area contributed by atoms with Gasteiger partial charge in [0.15, 0.2) is 0 Å². The fourth-order valence-corrected chi connectivity index (χ4v) is 1.81. The second-order valence-corrected chi connectivity index (χ2v) is 3.86. The molecule has 0 aliphatic heterocycles. The number of nitrogens with one attached hydrogen (secondary N) is 1. The molecule has 0 spiro atoms. The highest BCUT2D eigenvalue weighted by Gasteiger charge is 2.09. The lowest BCUT2D eigenvalue weighted by Crippen LogP contribution is -2.09. The van der Waals surface area contributed by atoms with Gasteiger partial charge in [-0.25, -0.2) is 0 Å². The van der Waals surface area contributed by atoms with Crippen LogP contribution in [0.3, 0.4) is 0 Å². The minimum Gasteiger partial charge on any atom is -0.497 e. The minimum absolute atomic E-state index is 0.0749. The molecule has 1 N–H and O–H groups in total. The molecule has 2 nitrogen and oxygen atoms in total. The summed E-state index contributed by atoms with van der Waals surface area (Å²) in [6, 6.07) is 5.60. The minimum atomic E-state index is 0.0749. The van der Waals surface area contributed by atoms with Crippen molar-refractivity contribution in [2.45, 2.75) is 4.95 Å². The summed E-state index contributed by atoms with van der Waals surface area (Å²) in [5.41, 5.74) is 1.00. The van der Waals surface area contributed by atoms with Gasteiger partial charge in [-0.2, -0.15) is 0 Å². The summed E-state index contributed by atoms with van der Waals surface area (Å²) in [6.07, 6.45) is 0. The van der Waals surface area contributed by atoms with Crippen molar-refractivity contribution < 1.29 is 4.74 Å². The van der Waals surface area contributed by atoms with E-state index in [-0.39, 0.29) is 4.95 Å². The van der Waals surface area contributed by atoms with Crippen LogP contribution in [-0.2, 0) is 0 Å². The number of rotatable bonds is 3. The monoisotopic (exact) mass is 263 g/mol. The van der Waals surface area contributed by atoms with Gasteiger partial charge in [0.25, 0.3) is 0 Å². The number of halogens is 2. The van der Waals surface area contributed by atoms with Gasteiger partial charge in [0.05, 0.1) is 12.1 Å². The van der Waals surface area contributed by atoms with Crippen molar-refractivity contribution >= 4 is 27.5 Å². The summed E-state index contributed by atoms with van der Waals surface area (Å²) < 4.78 is 5.04. The van der Waals surface area contributed by atoms with E-state index in [1.54, 1.807) is 13.2 Å². The van der Waals surface area contributed by atoms with Gasteiger partial charge in [-0.15, -0.1) is 0 Å². The van der Waals surface area contributed by atoms with Crippen LogP contribution in [-0.4, -0.2) is 14.2 Å². The largest absolute Gasteiger partial charge is 0.497 e. The Morgan fingerprint density at radius 1 is 1.54 bits per heavy atom. The predicted molar refractivity (Wildman–Crippen MR) is 58.7 cm³/mol. The van der Waals surface area contributed by atoms with E-state index < -0.39 is 0 Å². The fourth-order valence-electron chi connectivity index (χ4n) is 0.996. The Morgan fingerprint density at radius 2 is 2.23 bits per heavy atom. The highest BCUT2D eigenvalue weighted by Crippen LogP contribution is 2.29. The highest BCUT2D eigenvalue weighted by atomic mass is 79.9. The van der Waals surface area contributed by atoms with Crippen molar-refractivity contribution in [3.05, 3.63) is 28.8 Å². The standard InChI is InChI=1S/C9H11BrClNO/c1-12-9(10)7-4-3-6(13-2)5-8(7)11/h3-5,9,12H,1-2H3.